The van der Waals surface area contributed by atoms with Crippen LogP contribution in [0.2, 0.25) is 0 Å². The first kappa shape index (κ1) is 18.0. The monoisotopic (exact) mass is 316 g/mol. The Kier molecular flexibility index (Phi) is 7.60. The van der Waals surface area contributed by atoms with Gasteiger partial charge in [0.25, 0.3) is 5.91 Å². The lowest BCUT2D eigenvalue weighted by molar-refractivity contribution is 0.0946. The number of carbonyl (C=O) groups is 1. The molecule has 1 atom stereocenters. The molecule has 0 spiro atoms. The lowest BCUT2D eigenvalue weighted by atomic mass is 9.99. The second kappa shape index (κ2) is 9.71. The number of hydrogen-bond donors (Lipinski definition) is 1. The maximum absolute atomic E-state index is 12.3. The Labute approximate surface area is 141 Å². The third kappa shape index (κ3) is 5.98. The minimum atomic E-state index is 0.0627. The van der Waals surface area contributed by atoms with Crippen molar-refractivity contribution >= 4 is 5.91 Å². The molecule has 1 amide bonds. The number of unbranched alkanes of at least 4 members (excludes halogenated alkanes) is 1. The van der Waals surface area contributed by atoms with Gasteiger partial charge in [0.1, 0.15) is 0 Å². The van der Waals surface area contributed by atoms with Crippen LogP contribution in [0.25, 0.3) is 0 Å². The maximum Gasteiger partial charge on any atom is 0.251 e. The topological polar surface area (TPSA) is 32.3 Å². The van der Waals surface area contributed by atoms with E-state index in [2.05, 4.69) is 36.2 Å². The second-order valence-electron chi connectivity index (χ2n) is 6.81. The van der Waals surface area contributed by atoms with E-state index in [9.17, 15) is 4.79 Å². The summed E-state index contributed by atoms with van der Waals surface area (Å²) in [7, 11) is 0. The van der Waals surface area contributed by atoms with E-state index in [0.717, 1.165) is 25.1 Å². The Hall–Kier alpha value is -1.35. The van der Waals surface area contributed by atoms with Gasteiger partial charge >= 0.3 is 0 Å². The molecule has 2 rings (SSSR count). The van der Waals surface area contributed by atoms with Crippen LogP contribution in [0.15, 0.2) is 24.3 Å². The lowest BCUT2D eigenvalue weighted by Gasteiger charge is -2.16. The highest BCUT2D eigenvalue weighted by Crippen LogP contribution is 2.14. The van der Waals surface area contributed by atoms with Crippen LogP contribution in [0, 0.1) is 5.92 Å². The van der Waals surface area contributed by atoms with Crippen molar-refractivity contribution in [1.82, 2.24) is 10.2 Å². The number of benzene rings is 1. The first-order chi connectivity index (χ1) is 11.2. The fourth-order valence-corrected chi connectivity index (χ4v) is 3.24. The molecule has 1 aliphatic rings. The Morgan fingerprint density at radius 2 is 1.87 bits per heavy atom. The number of likely N-dealkylation sites (tertiary alicyclic amines) is 1. The molecule has 1 aromatic carbocycles. The summed E-state index contributed by atoms with van der Waals surface area (Å²) in [6.07, 6.45) is 7.45. The van der Waals surface area contributed by atoms with Crippen molar-refractivity contribution in [2.24, 2.45) is 5.92 Å². The normalized spacial score (nSPS) is 16.4. The lowest BCUT2D eigenvalue weighted by Crippen LogP contribution is -2.29. The first-order valence-corrected chi connectivity index (χ1v) is 9.32. The van der Waals surface area contributed by atoms with Crippen LogP contribution in [-0.4, -0.2) is 30.4 Å². The van der Waals surface area contributed by atoms with Crippen LogP contribution in [-0.2, 0) is 6.54 Å². The van der Waals surface area contributed by atoms with E-state index in [1.54, 1.807) is 0 Å². The van der Waals surface area contributed by atoms with Gasteiger partial charge in [0.2, 0.25) is 0 Å². The van der Waals surface area contributed by atoms with Gasteiger partial charge in [-0.1, -0.05) is 45.2 Å². The zero-order valence-electron chi connectivity index (χ0n) is 14.8. The molecule has 1 fully saturated rings. The summed E-state index contributed by atoms with van der Waals surface area (Å²) < 4.78 is 0. The molecule has 1 N–H and O–H groups in total. The molecular formula is C20H32N2O. The Balaban J connectivity index is 1.79. The van der Waals surface area contributed by atoms with Gasteiger partial charge < -0.3 is 5.32 Å². The highest BCUT2D eigenvalue weighted by atomic mass is 16.1. The van der Waals surface area contributed by atoms with Crippen LogP contribution < -0.4 is 5.32 Å². The highest BCUT2D eigenvalue weighted by molar-refractivity contribution is 5.94. The summed E-state index contributed by atoms with van der Waals surface area (Å²) in [5.74, 6) is 0.668. The van der Waals surface area contributed by atoms with E-state index in [1.165, 1.54) is 50.8 Å². The van der Waals surface area contributed by atoms with Crippen molar-refractivity contribution in [1.29, 1.82) is 0 Å². The summed E-state index contributed by atoms with van der Waals surface area (Å²) in [4.78, 5) is 14.8. The Bertz CT molecular complexity index is 463. The largest absolute Gasteiger partial charge is 0.352 e. The number of amides is 1. The zero-order chi connectivity index (χ0) is 16.5. The zero-order valence-corrected chi connectivity index (χ0v) is 14.8. The number of carbonyl (C=O) groups excluding carboxylic acids is 1. The fourth-order valence-electron chi connectivity index (χ4n) is 3.24. The van der Waals surface area contributed by atoms with Gasteiger partial charge in [-0.05, 0) is 56.0 Å². The van der Waals surface area contributed by atoms with E-state index in [-0.39, 0.29) is 5.91 Å². The van der Waals surface area contributed by atoms with Crippen molar-refractivity contribution in [3.63, 3.8) is 0 Å². The molecule has 128 valence electrons. The van der Waals surface area contributed by atoms with Gasteiger partial charge in [-0.15, -0.1) is 0 Å². The first-order valence-electron chi connectivity index (χ1n) is 9.32. The van der Waals surface area contributed by atoms with Crippen molar-refractivity contribution in [2.45, 2.75) is 58.9 Å². The van der Waals surface area contributed by atoms with E-state index < -0.39 is 0 Å². The maximum atomic E-state index is 12.3. The molecule has 0 bridgehead atoms. The third-order valence-corrected chi connectivity index (χ3v) is 4.92. The third-order valence-electron chi connectivity index (χ3n) is 4.92. The van der Waals surface area contributed by atoms with Gasteiger partial charge in [-0.25, -0.2) is 0 Å². The predicted octanol–water partition coefficient (Wildman–Crippen LogP) is 4.23. The minimum absolute atomic E-state index is 0.0627. The quantitative estimate of drug-likeness (QED) is 0.739. The molecule has 0 aliphatic carbocycles. The summed E-state index contributed by atoms with van der Waals surface area (Å²) >= 11 is 0. The molecule has 1 aromatic rings. The molecule has 3 nitrogen and oxygen atoms in total. The average molecular weight is 316 g/mol. The average Bonchev–Trinajstić information content (AvgIpc) is 3.08. The summed E-state index contributed by atoms with van der Waals surface area (Å²) in [6, 6.07) is 8.13. The number of rotatable bonds is 9. The second-order valence-corrected chi connectivity index (χ2v) is 6.81. The smallest absolute Gasteiger partial charge is 0.251 e. The number of nitrogens with zero attached hydrogens (tertiary/aromatic N) is 1. The standard InChI is InChI=1S/C20H32N2O/c1-3-5-8-17(4-2)15-21-20(23)19-11-9-18(10-12-19)16-22-13-6-7-14-22/h9-12,17H,3-8,13-16H2,1-2H3,(H,21,23)/t17-/m1/s1. The number of hydrogen-bond acceptors (Lipinski definition) is 2. The molecule has 0 saturated carbocycles. The van der Waals surface area contributed by atoms with Crippen LogP contribution in [0.4, 0.5) is 0 Å². The minimum Gasteiger partial charge on any atom is -0.352 e. The molecule has 0 radical (unpaired) electrons. The SMILES string of the molecule is CCCC[C@@H](CC)CNC(=O)c1ccc(CN2CCCC2)cc1. The number of nitrogens with one attached hydrogen (secondary N) is 1. The van der Waals surface area contributed by atoms with Gasteiger partial charge in [-0.2, -0.15) is 0 Å². The summed E-state index contributed by atoms with van der Waals surface area (Å²) in [6.45, 7) is 8.65. The van der Waals surface area contributed by atoms with Crippen molar-refractivity contribution in [3.8, 4) is 0 Å². The van der Waals surface area contributed by atoms with Crippen LogP contribution in [0.1, 0.15) is 68.3 Å². The Morgan fingerprint density at radius 1 is 1.17 bits per heavy atom. The molecule has 23 heavy (non-hydrogen) atoms. The van der Waals surface area contributed by atoms with Crippen LogP contribution in [0.3, 0.4) is 0 Å². The summed E-state index contributed by atoms with van der Waals surface area (Å²) in [5, 5.41) is 3.10. The Morgan fingerprint density at radius 3 is 2.48 bits per heavy atom. The van der Waals surface area contributed by atoms with Gasteiger partial charge in [0, 0.05) is 18.7 Å². The molecule has 0 unspecified atom stereocenters. The molecule has 0 aromatic heterocycles. The molecule has 3 heteroatoms. The van der Waals surface area contributed by atoms with Crippen LogP contribution in [0.5, 0.6) is 0 Å². The van der Waals surface area contributed by atoms with Crippen LogP contribution >= 0.6 is 0 Å². The van der Waals surface area contributed by atoms with E-state index in [0.29, 0.717) is 5.92 Å². The van der Waals surface area contributed by atoms with Gasteiger partial charge in [-0.3, -0.25) is 9.69 Å². The molecular weight excluding hydrogens is 284 g/mol. The highest BCUT2D eigenvalue weighted by Gasteiger charge is 2.13. The van der Waals surface area contributed by atoms with E-state index in [4.69, 9.17) is 0 Å². The fraction of sp³-hybridized carbons (Fsp3) is 0.650. The van der Waals surface area contributed by atoms with Gasteiger partial charge in [0.15, 0.2) is 0 Å². The van der Waals surface area contributed by atoms with Crippen molar-refractivity contribution in [3.05, 3.63) is 35.4 Å². The predicted molar refractivity (Wildman–Crippen MR) is 96.6 cm³/mol. The molecule has 1 aliphatic heterocycles. The van der Waals surface area contributed by atoms with E-state index in [1.807, 2.05) is 12.1 Å². The van der Waals surface area contributed by atoms with Crippen molar-refractivity contribution in [2.75, 3.05) is 19.6 Å². The molecule has 1 heterocycles. The van der Waals surface area contributed by atoms with E-state index >= 15 is 0 Å². The molecule has 1 saturated heterocycles. The van der Waals surface area contributed by atoms with Crippen molar-refractivity contribution < 1.29 is 4.79 Å². The summed E-state index contributed by atoms with van der Waals surface area (Å²) in [5.41, 5.74) is 2.08. The van der Waals surface area contributed by atoms with Gasteiger partial charge in [0.05, 0.1) is 0 Å².